The molecule has 0 aromatic heterocycles. The summed E-state index contributed by atoms with van der Waals surface area (Å²) in [6.45, 7) is 1.47. The zero-order valence-electron chi connectivity index (χ0n) is 13.2. The van der Waals surface area contributed by atoms with Gasteiger partial charge in [0.25, 0.3) is 0 Å². The highest BCUT2D eigenvalue weighted by molar-refractivity contribution is 5.82. The smallest absolute Gasteiger partial charge is 0.330 e. The number of rotatable bonds is 10. The van der Waals surface area contributed by atoms with E-state index in [4.69, 9.17) is 19.7 Å². The first kappa shape index (κ1) is 18.7. The highest BCUT2D eigenvalue weighted by Gasteiger charge is 2.21. The Morgan fingerprint density at radius 1 is 1.05 bits per heavy atom. The van der Waals surface area contributed by atoms with Crippen LogP contribution in [0.1, 0.15) is 38.5 Å². The normalized spacial score (nSPS) is 22.3. The van der Waals surface area contributed by atoms with Crippen molar-refractivity contribution in [1.82, 2.24) is 0 Å². The van der Waals surface area contributed by atoms with E-state index in [1.54, 1.807) is 12.2 Å². The molecule has 1 aliphatic carbocycles. The van der Waals surface area contributed by atoms with Crippen LogP contribution in [0.25, 0.3) is 0 Å². The van der Waals surface area contributed by atoms with Gasteiger partial charge in [-0.1, -0.05) is 6.08 Å². The van der Waals surface area contributed by atoms with Crippen molar-refractivity contribution in [3.63, 3.8) is 0 Å². The molecule has 1 fully saturated rings. The Bertz CT molecular complexity index is 343. The molecule has 0 heterocycles. The molecule has 0 atom stereocenters. The number of ether oxygens (including phenoxy) is 2. The van der Waals surface area contributed by atoms with Crippen molar-refractivity contribution in [3.05, 3.63) is 24.5 Å². The minimum Gasteiger partial charge on any atom is -0.501 e. The Morgan fingerprint density at radius 2 is 1.77 bits per heavy atom. The predicted molar refractivity (Wildman–Crippen MR) is 84.0 cm³/mol. The lowest BCUT2D eigenvalue weighted by molar-refractivity contribution is -0.139. The Labute approximate surface area is 132 Å². The number of hydrogen-bond acceptors (Lipinski definition) is 5. The van der Waals surface area contributed by atoms with Gasteiger partial charge < -0.3 is 19.7 Å². The van der Waals surface area contributed by atoms with Gasteiger partial charge in [-0.2, -0.15) is 0 Å². The van der Waals surface area contributed by atoms with Gasteiger partial charge in [0.2, 0.25) is 0 Å². The van der Waals surface area contributed by atoms with Gasteiger partial charge in [0.05, 0.1) is 19.5 Å². The third-order valence-electron chi connectivity index (χ3n) is 3.87. The van der Waals surface area contributed by atoms with E-state index < -0.39 is 0 Å². The summed E-state index contributed by atoms with van der Waals surface area (Å²) >= 11 is 0. The maximum atomic E-state index is 11.5. The second-order valence-electron chi connectivity index (χ2n) is 5.69. The molecular formula is C17H28O5. The Hall–Kier alpha value is -1.33. The number of esters is 1. The molecule has 0 radical (unpaired) electrons. The molecule has 1 aliphatic rings. The molecule has 0 aliphatic heterocycles. The first-order chi connectivity index (χ1) is 10.8. The number of carbonyl (C=O) groups is 1. The van der Waals surface area contributed by atoms with Crippen molar-refractivity contribution in [2.45, 2.75) is 38.5 Å². The van der Waals surface area contributed by atoms with E-state index in [1.165, 1.54) is 12.3 Å². The van der Waals surface area contributed by atoms with E-state index in [0.717, 1.165) is 38.5 Å². The van der Waals surface area contributed by atoms with Gasteiger partial charge in [-0.3, -0.25) is 0 Å². The summed E-state index contributed by atoms with van der Waals surface area (Å²) in [4.78, 5) is 11.5. The van der Waals surface area contributed by atoms with E-state index >= 15 is 0 Å². The molecule has 0 aromatic rings. The molecule has 0 spiro atoms. The Balaban J connectivity index is 2.05. The zero-order valence-corrected chi connectivity index (χ0v) is 13.2. The van der Waals surface area contributed by atoms with Crippen LogP contribution in [0.4, 0.5) is 0 Å². The average molecular weight is 312 g/mol. The molecule has 22 heavy (non-hydrogen) atoms. The zero-order chi connectivity index (χ0) is 16.0. The van der Waals surface area contributed by atoms with E-state index in [9.17, 15) is 4.79 Å². The van der Waals surface area contributed by atoms with Crippen LogP contribution >= 0.6 is 0 Å². The fraction of sp³-hybridized carbons (Fsp3) is 0.706. The fourth-order valence-electron chi connectivity index (χ4n) is 2.43. The third kappa shape index (κ3) is 8.85. The van der Waals surface area contributed by atoms with Crippen LogP contribution in [0.5, 0.6) is 0 Å². The van der Waals surface area contributed by atoms with Crippen LogP contribution in [0, 0.1) is 11.8 Å². The summed E-state index contributed by atoms with van der Waals surface area (Å²) in [6, 6.07) is 0. The van der Waals surface area contributed by atoms with Crippen LogP contribution in [-0.4, -0.2) is 42.6 Å². The van der Waals surface area contributed by atoms with Crippen LogP contribution < -0.4 is 0 Å². The minimum absolute atomic E-state index is 0.181. The standard InChI is InChI=1S/C17H28O5/c18-10-2-4-12-21-11-3-1-5-17(20)22-14-16-8-6-15(13-19)7-9-16/h1,3,5,11,15-16,18-19H,2,4,6-10,12-14H2/b5-1+,11-3+. The number of allylic oxidation sites excluding steroid dienone is 2. The second kappa shape index (κ2) is 12.2. The predicted octanol–water partition coefficient (Wildman–Crippen LogP) is 2.19. The van der Waals surface area contributed by atoms with Gasteiger partial charge in [0.1, 0.15) is 0 Å². The van der Waals surface area contributed by atoms with Crippen molar-refractivity contribution in [2.24, 2.45) is 11.8 Å². The minimum atomic E-state index is -0.339. The van der Waals surface area contributed by atoms with Crippen molar-refractivity contribution in [3.8, 4) is 0 Å². The fourth-order valence-corrected chi connectivity index (χ4v) is 2.43. The largest absolute Gasteiger partial charge is 0.501 e. The molecule has 0 saturated heterocycles. The Morgan fingerprint density at radius 3 is 2.45 bits per heavy atom. The average Bonchev–Trinajstić information content (AvgIpc) is 2.56. The summed E-state index contributed by atoms with van der Waals surface area (Å²) in [5.74, 6) is 0.508. The molecule has 0 amide bonds. The summed E-state index contributed by atoms with van der Waals surface area (Å²) < 4.78 is 10.4. The van der Waals surface area contributed by atoms with Crippen molar-refractivity contribution in [1.29, 1.82) is 0 Å². The van der Waals surface area contributed by atoms with E-state index in [1.807, 2.05) is 0 Å². The molecule has 1 saturated carbocycles. The molecule has 2 N–H and O–H groups in total. The third-order valence-corrected chi connectivity index (χ3v) is 3.87. The van der Waals surface area contributed by atoms with E-state index in [2.05, 4.69) is 0 Å². The van der Waals surface area contributed by atoms with Gasteiger partial charge in [-0.25, -0.2) is 4.79 Å². The maximum Gasteiger partial charge on any atom is 0.330 e. The summed E-state index contributed by atoms with van der Waals surface area (Å²) in [5.41, 5.74) is 0. The van der Waals surface area contributed by atoms with Crippen molar-refractivity contribution >= 4 is 5.97 Å². The number of carbonyl (C=O) groups excluding carboxylic acids is 1. The highest BCUT2D eigenvalue weighted by atomic mass is 16.5. The molecule has 1 rings (SSSR count). The lowest BCUT2D eigenvalue weighted by Gasteiger charge is -2.26. The number of unbranched alkanes of at least 4 members (excludes halogenated alkanes) is 1. The molecule has 0 aromatic carbocycles. The quantitative estimate of drug-likeness (QED) is 0.213. The molecule has 5 heteroatoms. The SMILES string of the molecule is O=C(/C=C/C=C/OCCCCO)OCC1CCC(CO)CC1. The molecule has 0 unspecified atom stereocenters. The molecule has 0 bridgehead atoms. The maximum absolute atomic E-state index is 11.5. The molecule has 126 valence electrons. The number of aliphatic hydroxyl groups excluding tert-OH is 2. The van der Waals surface area contributed by atoms with E-state index in [0.29, 0.717) is 25.0 Å². The van der Waals surface area contributed by atoms with Crippen molar-refractivity contribution < 1.29 is 24.5 Å². The summed E-state index contributed by atoms with van der Waals surface area (Å²) in [7, 11) is 0. The first-order valence-corrected chi connectivity index (χ1v) is 8.09. The Kier molecular flexibility index (Phi) is 10.4. The lowest BCUT2D eigenvalue weighted by Crippen LogP contribution is -2.21. The van der Waals surface area contributed by atoms with Gasteiger partial charge in [0, 0.05) is 19.3 Å². The number of hydrogen-bond donors (Lipinski definition) is 2. The summed E-state index contributed by atoms with van der Waals surface area (Å²) in [5, 5.41) is 17.7. The second-order valence-corrected chi connectivity index (χ2v) is 5.69. The molecular weight excluding hydrogens is 284 g/mol. The topological polar surface area (TPSA) is 76.0 Å². The van der Waals surface area contributed by atoms with Crippen LogP contribution in [0.2, 0.25) is 0 Å². The summed E-state index contributed by atoms with van der Waals surface area (Å²) in [6.07, 6.45) is 11.8. The van der Waals surface area contributed by atoms with Gasteiger partial charge in [-0.05, 0) is 56.4 Å². The monoisotopic (exact) mass is 312 g/mol. The highest BCUT2D eigenvalue weighted by Crippen LogP contribution is 2.28. The van der Waals surface area contributed by atoms with Gasteiger partial charge in [0.15, 0.2) is 0 Å². The molecule has 5 nitrogen and oxygen atoms in total. The number of aliphatic hydroxyl groups is 2. The van der Waals surface area contributed by atoms with Crippen LogP contribution in [0.3, 0.4) is 0 Å². The van der Waals surface area contributed by atoms with Crippen LogP contribution in [0.15, 0.2) is 24.5 Å². The van der Waals surface area contributed by atoms with Crippen LogP contribution in [-0.2, 0) is 14.3 Å². The van der Waals surface area contributed by atoms with Gasteiger partial charge in [-0.15, -0.1) is 0 Å². The first-order valence-electron chi connectivity index (χ1n) is 8.09. The van der Waals surface area contributed by atoms with Gasteiger partial charge >= 0.3 is 5.97 Å². The lowest BCUT2D eigenvalue weighted by atomic mass is 9.83. The van der Waals surface area contributed by atoms with E-state index in [-0.39, 0.29) is 19.2 Å². The van der Waals surface area contributed by atoms with Crippen molar-refractivity contribution in [2.75, 3.05) is 26.4 Å².